The molecule has 1 aliphatic heterocycles. The fourth-order valence-corrected chi connectivity index (χ4v) is 3.93. The molecule has 0 aromatic heterocycles. The molecule has 2 unspecified atom stereocenters. The van der Waals surface area contributed by atoms with Crippen LogP contribution in [-0.4, -0.2) is 24.3 Å². The van der Waals surface area contributed by atoms with Crippen LogP contribution in [0, 0.1) is 0 Å². The maximum absolute atomic E-state index is 12.0. The Morgan fingerprint density at radius 3 is 1.59 bits per heavy atom. The van der Waals surface area contributed by atoms with Crippen LogP contribution in [0.2, 0.25) is 0 Å². The van der Waals surface area contributed by atoms with E-state index in [1.54, 1.807) is 0 Å². The third-order valence-electron chi connectivity index (χ3n) is 6.22. The van der Waals surface area contributed by atoms with Gasteiger partial charge in [-0.25, -0.2) is 0 Å². The number of hydrogen-bond acceptors (Lipinski definition) is 3. The average Bonchev–Trinajstić information content (AvgIpc) is 2.67. The van der Waals surface area contributed by atoms with Crippen LogP contribution in [-0.2, 0) is 14.3 Å². The van der Waals surface area contributed by atoms with E-state index in [2.05, 4.69) is 13.8 Å². The van der Waals surface area contributed by atoms with Gasteiger partial charge in [-0.2, -0.15) is 0 Å². The molecule has 0 spiro atoms. The molecule has 0 radical (unpaired) electrons. The van der Waals surface area contributed by atoms with Gasteiger partial charge in [0, 0.05) is 6.42 Å². The third-order valence-corrected chi connectivity index (χ3v) is 6.22. The summed E-state index contributed by atoms with van der Waals surface area (Å²) in [5, 5.41) is 0. The quantitative estimate of drug-likeness (QED) is 0.183. The van der Waals surface area contributed by atoms with E-state index in [-0.39, 0.29) is 17.7 Å². The third kappa shape index (κ3) is 10.5. The normalized spacial score (nSPS) is 21.8. The average molecular weight is 383 g/mol. The van der Waals surface area contributed by atoms with E-state index in [9.17, 15) is 4.79 Å². The first-order valence-corrected chi connectivity index (χ1v) is 12.0. The summed E-state index contributed by atoms with van der Waals surface area (Å²) in [4.78, 5) is 12.0. The van der Waals surface area contributed by atoms with Crippen molar-refractivity contribution in [3.05, 3.63) is 0 Å². The molecule has 1 fully saturated rings. The number of hydrogen-bond donors (Lipinski definition) is 0. The first-order valence-electron chi connectivity index (χ1n) is 12.0. The molecule has 3 nitrogen and oxygen atoms in total. The predicted molar refractivity (Wildman–Crippen MR) is 114 cm³/mol. The number of ether oxygens (including phenoxy) is 2. The molecule has 1 heterocycles. The van der Waals surface area contributed by atoms with Crippen LogP contribution in [0.5, 0.6) is 0 Å². The molecule has 27 heavy (non-hydrogen) atoms. The van der Waals surface area contributed by atoms with E-state index >= 15 is 0 Å². The molecule has 0 aromatic carbocycles. The fraction of sp³-hybridized carbons (Fsp3) is 0.958. The first kappa shape index (κ1) is 24.5. The molecule has 0 aromatic rings. The monoisotopic (exact) mass is 382 g/mol. The maximum Gasteiger partial charge on any atom is 0.306 e. The second kappa shape index (κ2) is 15.4. The number of esters is 1. The topological polar surface area (TPSA) is 35.5 Å². The molecule has 0 aliphatic carbocycles. The van der Waals surface area contributed by atoms with Gasteiger partial charge in [-0.1, -0.05) is 104 Å². The Morgan fingerprint density at radius 2 is 1.26 bits per heavy atom. The van der Waals surface area contributed by atoms with Crippen LogP contribution in [0.1, 0.15) is 130 Å². The van der Waals surface area contributed by atoms with Crippen molar-refractivity contribution in [2.75, 3.05) is 6.61 Å². The SMILES string of the molecule is CCCCCCCCCCCCCCCCCC(=O)OC1(CC)COC1C. The highest BCUT2D eigenvalue weighted by Gasteiger charge is 2.47. The van der Waals surface area contributed by atoms with Gasteiger partial charge in [0.1, 0.15) is 0 Å². The van der Waals surface area contributed by atoms with Crippen molar-refractivity contribution in [3.63, 3.8) is 0 Å². The van der Waals surface area contributed by atoms with Crippen LogP contribution in [0.25, 0.3) is 0 Å². The molecule has 0 amide bonds. The lowest BCUT2D eigenvalue weighted by atomic mass is 9.90. The zero-order valence-corrected chi connectivity index (χ0v) is 18.5. The Kier molecular flexibility index (Phi) is 13.9. The second-order valence-corrected chi connectivity index (χ2v) is 8.55. The van der Waals surface area contributed by atoms with E-state index < -0.39 is 0 Å². The predicted octanol–water partition coefficient (Wildman–Crippen LogP) is 7.36. The van der Waals surface area contributed by atoms with Gasteiger partial charge in [-0.3, -0.25) is 4.79 Å². The number of rotatable bonds is 18. The van der Waals surface area contributed by atoms with Crippen molar-refractivity contribution in [2.45, 2.75) is 142 Å². The van der Waals surface area contributed by atoms with Crippen LogP contribution in [0.4, 0.5) is 0 Å². The Labute approximate surface area is 169 Å². The van der Waals surface area contributed by atoms with Crippen LogP contribution in [0.3, 0.4) is 0 Å². The Hall–Kier alpha value is -0.570. The zero-order chi connectivity index (χ0) is 19.8. The number of carbonyl (C=O) groups excluding carboxylic acids is 1. The van der Waals surface area contributed by atoms with Gasteiger partial charge in [-0.15, -0.1) is 0 Å². The minimum atomic E-state index is -0.341. The van der Waals surface area contributed by atoms with Gasteiger partial charge in [0.2, 0.25) is 0 Å². The van der Waals surface area contributed by atoms with Crippen molar-refractivity contribution in [3.8, 4) is 0 Å². The maximum atomic E-state index is 12.0. The van der Waals surface area contributed by atoms with Crippen LogP contribution in [0.15, 0.2) is 0 Å². The van der Waals surface area contributed by atoms with Crippen molar-refractivity contribution in [2.24, 2.45) is 0 Å². The minimum absolute atomic E-state index is 0.0401. The van der Waals surface area contributed by atoms with Gasteiger partial charge in [0.05, 0.1) is 12.7 Å². The van der Waals surface area contributed by atoms with Crippen LogP contribution < -0.4 is 0 Å². The lowest BCUT2D eigenvalue weighted by Gasteiger charge is -2.46. The Bertz CT molecular complexity index is 365. The molecule has 160 valence electrons. The van der Waals surface area contributed by atoms with Crippen molar-refractivity contribution in [1.82, 2.24) is 0 Å². The summed E-state index contributed by atoms with van der Waals surface area (Å²) in [7, 11) is 0. The first-order chi connectivity index (χ1) is 13.1. The van der Waals surface area contributed by atoms with Crippen LogP contribution >= 0.6 is 0 Å². The summed E-state index contributed by atoms with van der Waals surface area (Å²) in [5.41, 5.74) is -0.341. The lowest BCUT2D eigenvalue weighted by molar-refractivity contribution is -0.248. The summed E-state index contributed by atoms with van der Waals surface area (Å²) in [6.07, 6.45) is 21.6. The molecule has 0 bridgehead atoms. The molecule has 0 N–H and O–H groups in total. The highest BCUT2D eigenvalue weighted by Crippen LogP contribution is 2.33. The molecule has 1 rings (SSSR count). The van der Waals surface area contributed by atoms with Gasteiger partial charge in [-0.05, 0) is 19.8 Å². The fourth-order valence-electron chi connectivity index (χ4n) is 3.93. The summed E-state index contributed by atoms with van der Waals surface area (Å²) >= 11 is 0. The molecule has 0 saturated carbocycles. The number of carbonyl (C=O) groups is 1. The van der Waals surface area contributed by atoms with Gasteiger partial charge >= 0.3 is 5.97 Å². The Morgan fingerprint density at radius 1 is 0.815 bits per heavy atom. The summed E-state index contributed by atoms with van der Waals surface area (Å²) in [6, 6.07) is 0. The molecular weight excluding hydrogens is 336 g/mol. The molecule has 1 saturated heterocycles. The smallest absolute Gasteiger partial charge is 0.306 e. The summed E-state index contributed by atoms with van der Waals surface area (Å²) in [5.74, 6) is -0.0401. The standard InChI is InChI=1S/C24H46O3/c1-4-6-7-8-9-10-11-12-13-14-15-16-17-18-19-20-23(25)27-24(5-2)21-26-22(24)3/h22H,4-21H2,1-3H3. The number of unbranched alkanes of at least 4 members (excludes halogenated alkanes) is 14. The second-order valence-electron chi connectivity index (χ2n) is 8.55. The van der Waals surface area contributed by atoms with E-state index in [1.165, 1.54) is 83.5 Å². The molecule has 1 aliphatic rings. The molecule has 3 heteroatoms. The van der Waals surface area contributed by atoms with E-state index in [0.29, 0.717) is 13.0 Å². The van der Waals surface area contributed by atoms with E-state index in [0.717, 1.165) is 19.3 Å². The van der Waals surface area contributed by atoms with E-state index in [1.807, 2.05) is 6.92 Å². The zero-order valence-electron chi connectivity index (χ0n) is 18.5. The minimum Gasteiger partial charge on any atom is -0.454 e. The van der Waals surface area contributed by atoms with Crippen molar-refractivity contribution in [1.29, 1.82) is 0 Å². The van der Waals surface area contributed by atoms with Crippen molar-refractivity contribution < 1.29 is 14.3 Å². The highest BCUT2D eigenvalue weighted by atomic mass is 16.6. The van der Waals surface area contributed by atoms with Gasteiger partial charge in [0.25, 0.3) is 0 Å². The summed E-state index contributed by atoms with van der Waals surface area (Å²) in [6.45, 7) is 6.91. The van der Waals surface area contributed by atoms with Crippen molar-refractivity contribution >= 4 is 5.97 Å². The summed E-state index contributed by atoms with van der Waals surface area (Å²) < 4.78 is 11.1. The van der Waals surface area contributed by atoms with Gasteiger partial charge < -0.3 is 9.47 Å². The Balaban J connectivity index is 1.81. The van der Waals surface area contributed by atoms with Gasteiger partial charge in [0.15, 0.2) is 5.60 Å². The largest absolute Gasteiger partial charge is 0.454 e. The molecular formula is C24H46O3. The highest BCUT2D eigenvalue weighted by molar-refractivity contribution is 5.70. The molecule has 2 atom stereocenters. The van der Waals surface area contributed by atoms with E-state index in [4.69, 9.17) is 9.47 Å². The lowest BCUT2D eigenvalue weighted by Crippen LogP contribution is -2.59.